The molecule has 7 nitrogen and oxygen atoms in total. The molecule has 1 saturated heterocycles. The Hall–Kier alpha value is -1.68. The summed E-state index contributed by atoms with van der Waals surface area (Å²) in [6.45, 7) is 7.09. The zero-order chi connectivity index (χ0) is 27.8. The number of benzene rings is 2. The summed E-state index contributed by atoms with van der Waals surface area (Å²) in [6, 6.07) is 15.8. The molecule has 3 rings (SSSR count). The van der Waals surface area contributed by atoms with Crippen LogP contribution in [0.3, 0.4) is 0 Å². The van der Waals surface area contributed by atoms with Crippen molar-refractivity contribution < 1.29 is 28.5 Å². The Bertz CT molecular complexity index is 1080. The number of carbonyl (C=O) groups is 1. The van der Waals surface area contributed by atoms with Gasteiger partial charge in [0, 0.05) is 28.4 Å². The minimum atomic E-state index is -3.40. The van der Waals surface area contributed by atoms with Gasteiger partial charge < -0.3 is 10.0 Å². The Morgan fingerprint density at radius 1 is 0.973 bits per heavy atom. The van der Waals surface area contributed by atoms with Crippen molar-refractivity contribution in [2.24, 2.45) is 11.8 Å². The second-order valence-electron chi connectivity index (χ2n) is 9.87. The maximum absolute atomic E-state index is 13.5. The van der Waals surface area contributed by atoms with Crippen molar-refractivity contribution in [2.45, 2.75) is 70.6 Å². The first-order valence-corrected chi connectivity index (χ1v) is 14.8. The van der Waals surface area contributed by atoms with Crippen LogP contribution in [0.25, 0.3) is 0 Å². The Morgan fingerprint density at radius 3 is 2.00 bits per heavy atom. The number of aliphatic hydroxyl groups is 1. The summed E-state index contributed by atoms with van der Waals surface area (Å²) < 4.78 is 25.5. The van der Waals surface area contributed by atoms with Gasteiger partial charge in [-0.3, -0.25) is 4.79 Å². The number of nitrogens with zero attached hydrogens (tertiary/aromatic N) is 1. The van der Waals surface area contributed by atoms with Crippen molar-refractivity contribution in [3.8, 4) is 0 Å². The fourth-order valence-electron chi connectivity index (χ4n) is 4.34. The molecule has 3 unspecified atom stereocenters. The van der Waals surface area contributed by atoms with Crippen molar-refractivity contribution in [3.05, 3.63) is 70.2 Å². The van der Waals surface area contributed by atoms with Crippen molar-refractivity contribution in [2.75, 3.05) is 5.75 Å². The van der Waals surface area contributed by atoms with Crippen molar-refractivity contribution >= 4 is 38.9 Å². The van der Waals surface area contributed by atoms with E-state index in [1.807, 2.05) is 56.3 Å². The van der Waals surface area contributed by atoms with E-state index in [1.54, 1.807) is 30.9 Å². The fourth-order valence-corrected chi connectivity index (χ4v) is 6.01. The van der Waals surface area contributed by atoms with E-state index in [0.717, 1.165) is 10.6 Å². The van der Waals surface area contributed by atoms with Gasteiger partial charge in [0.15, 0.2) is 16.1 Å². The smallest absolute Gasteiger partial charge is 0.226 e. The predicted molar refractivity (Wildman–Crippen MR) is 147 cm³/mol. The average molecular weight is 575 g/mol. The van der Waals surface area contributed by atoms with Gasteiger partial charge in [0.1, 0.15) is 0 Å². The van der Waals surface area contributed by atoms with Crippen LogP contribution in [0.2, 0.25) is 10.0 Å². The normalized spacial score (nSPS) is 19.9. The third-order valence-corrected chi connectivity index (χ3v) is 9.32. The van der Waals surface area contributed by atoms with Crippen molar-refractivity contribution in [3.63, 3.8) is 0 Å². The standard InChI is InChI=1S/C21H32ClNO6S.C6H5Cl/c1-13(2)19(12-30(27,28)14(3)4)23-18(15-5-8-17(22)9-6-15)10-7-16(21(23)25)11-20(24)29-26;7-6-4-2-1-3-5-6/h5-6,8-9,13-14,16,18-20,24,26H,7,10-12H2,1-4H3;1-5H/t16-,18?,19?,20?;/m1./s1. The summed E-state index contributed by atoms with van der Waals surface area (Å²) in [5.74, 6) is -1.05. The number of halogens is 2. The zero-order valence-corrected chi connectivity index (χ0v) is 24.0. The summed E-state index contributed by atoms with van der Waals surface area (Å²) in [4.78, 5) is 19.1. The molecule has 1 aliphatic heterocycles. The van der Waals surface area contributed by atoms with Gasteiger partial charge in [-0.05, 0) is 62.4 Å². The van der Waals surface area contributed by atoms with Crippen LogP contribution in [0.1, 0.15) is 58.6 Å². The highest BCUT2D eigenvalue weighted by molar-refractivity contribution is 7.92. The van der Waals surface area contributed by atoms with E-state index in [9.17, 15) is 18.3 Å². The number of hydrogen-bond donors (Lipinski definition) is 2. The van der Waals surface area contributed by atoms with E-state index in [0.29, 0.717) is 17.9 Å². The molecule has 1 fully saturated rings. The molecule has 0 aliphatic carbocycles. The third-order valence-electron chi connectivity index (χ3n) is 6.57. The molecule has 37 heavy (non-hydrogen) atoms. The highest BCUT2D eigenvalue weighted by Crippen LogP contribution is 2.39. The van der Waals surface area contributed by atoms with Crippen LogP contribution in [0.4, 0.5) is 0 Å². The number of likely N-dealkylation sites (tertiary alicyclic amines) is 1. The monoisotopic (exact) mass is 573 g/mol. The molecule has 0 saturated carbocycles. The lowest BCUT2D eigenvalue weighted by molar-refractivity contribution is -0.337. The Morgan fingerprint density at radius 2 is 1.54 bits per heavy atom. The van der Waals surface area contributed by atoms with E-state index in [2.05, 4.69) is 4.89 Å². The fraction of sp³-hybridized carbons (Fsp3) is 0.519. The van der Waals surface area contributed by atoms with Crippen LogP contribution in [0.15, 0.2) is 54.6 Å². The van der Waals surface area contributed by atoms with E-state index < -0.39 is 33.3 Å². The summed E-state index contributed by atoms with van der Waals surface area (Å²) in [5, 5.41) is 19.2. The summed E-state index contributed by atoms with van der Waals surface area (Å²) in [7, 11) is -3.40. The van der Waals surface area contributed by atoms with Gasteiger partial charge in [-0.2, -0.15) is 0 Å². The molecule has 10 heteroatoms. The summed E-state index contributed by atoms with van der Waals surface area (Å²) in [5.41, 5.74) is 0.887. The van der Waals surface area contributed by atoms with Gasteiger partial charge in [0.25, 0.3) is 0 Å². The quantitative estimate of drug-likeness (QED) is 0.216. The molecule has 0 bridgehead atoms. The number of sulfone groups is 1. The van der Waals surface area contributed by atoms with Gasteiger partial charge in [-0.25, -0.2) is 18.6 Å². The summed E-state index contributed by atoms with van der Waals surface area (Å²) >= 11 is 11.6. The number of piperidine rings is 1. The Kier molecular flexibility index (Phi) is 12.3. The molecule has 4 atom stereocenters. The number of amides is 1. The first kappa shape index (κ1) is 31.5. The number of aliphatic hydroxyl groups excluding tert-OH is 1. The lowest BCUT2D eigenvalue weighted by atomic mass is 9.84. The molecule has 1 amide bonds. The molecule has 206 valence electrons. The average Bonchev–Trinajstić information content (AvgIpc) is 2.85. The van der Waals surface area contributed by atoms with Crippen molar-refractivity contribution in [1.82, 2.24) is 4.90 Å². The topological polar surface area (TPSA) is 104 Å². The third kappa shape index (κ3) is 9.23. The molecule has 0 radical (unpaired) electrons. The highest BCUT2D eigenvalue weighted by atomic mass is 35.5. The van der Waals surface area contributed by atoms with Gasteiger partial charge in [0.2, 0.25) is 5.91 Å². The van der Waals surface area contributed by atoms with Crippen molar-refractivity contribution in [1.29, 1.82) is 0 Å². The SMILES string of the molecule is CC(C)C(CS(=O)(=O)C(C)C)N1C(=O)[C@@H](CC(O)OO)CCC1c1ccc(Cl)cc1.Clc1ccccc1. The van der Waals surface area contributed by atoms with Gasteiger partial charge in [-0.1, -0.05) is 67.4 Å². The van der Waals surface area contributed by atoms with Crippen LogP contribution in [-0.2, 0) is 19.5 Å². The number of hydrogen-bond acceptors (Lipinski definition) is 6. The molecule has 2 N–H and O–H groups in total. The molecule has 1 heterocycles. The lowest BCUT2D eigenvalue weighted by Gasteiger charge is -2.46. The van der Waals surface area contributed by atoms with Crippen LogP contribution in [0.5, 0.6) is 0 Å². The zero-order valence-electron chi connectivity index (χ0n) is 21.6. The van der Waals surface area contributed by atoms with Gasteiger partial charge in [0.05, 0.1) is 17.0 Å². The first-order valence-electron chi connectivity index (χ1n) is 12.3. The summed E-state index contributed by atoms with van der Waals surface area (Å²) in [6.07, 6.45) is -0.433. The Labute approximate surface area is 230 Å². The van der Waals surface area contributed by atoms with Gasteiger partial charge >= 0.3 is 0 Å². The minimum absolute atomic E-state index is 0.0546. The highest BCUT2D eigenvalue weighted by Gasteiger charge is 2.43. The minimum Gasteiger partial charge on any atom is -0.366 e. The van der Waals surface area contributed by atoms with E-state index >= 15 is 0 Å². The van der Waals surface area contributed by atoms with E-state index in [4.69, 9.17) is 28.5 Å². The molecule has 2 aromatic rings. The Balaban J connectivity index is 0.000000591. The largest absolute Gasteiger partial charge is 0.366 e. The molecule has 0 spiro atoms. The van der Waals surface area contributed by atoms with E-state index in [1.165, 1.54) is 0 Å². The van der Waals surface area contributed by atoms with Crippen LogP contribution >= 0.6 is 23.2 Å². The van der Waals surface area contributed by atoms with E-state index in [-0.39, 0.29) is 30.0 Å². The van der Waals surface area contributed by atoms with Crippen LogP contribution in [-0.4, -0.2) is 52.9 Å². The molecular formula is C27H37Cl2NO6S. The number of carbonyl (C=O) groups excluding carboxylic acids is 1. The van der Waals surface area contributed by atoms with Gasteiger partial charge in [-0.15, -0.1) is 0 Å². The molecular weight excluding hydrogens is 537 g/mol. The molecule has 1 aliphatic rings. The maximum atomic E-state index is 13.5. The number of rotatable bonds is 9. The maximum Gasteiger partial charge on any atom is 0.226 e. The second kappa shape index (κ2) is 14.5. The molecule has 2 aromatic carbocycles. The molecule has 0 aromatic heterocycles. The first-order chi connectivity index (χ1) is 17.4. The predicted octanol–water partition coefficient (Wildman–Crippen LogP) is 6.01. The van der Waals surface area contributed by atoms with Crippen LogP contribution in [0, 0.1) is 11.8 Å². The van der Waals surface area contributed by atoms with Crippen LogP contribution < -0.4 is 0 Å². The lowest BCUT2D eigenvalue weighted by Crippen LogP contribution is -2.54. The second-order valence-corrected chi connectivity index (χ2v) is 13.3.